The number of sulfonamides is 1. The molecule has 9 heteroatoms. The van der Waals surface area contributed by atoms with E-state index < -0.39 is 10.0 Å². The molecule has 0 unspecified atom stereocenters. The van der Waals surface area contributed by atoms with Gasteiger partial charge in [0.2, 0.25) is 15.9 Å². The van der Waals surface area contributed by atoms with Crippen LogP contribution in [0.15, 0.2) is 17.0 Å². The van der Waals surface area contributed by atoms with Crippen LogP contribution in [-0.4, -0.2) is 95.6 Å². The van der Waals surface area contributed by atoms with Gasteiger partial charge in [-0.25, -0.2) is 8.42 Å². The fraction of sp³-hybridized carbons (Fsp3) is 0.750. The maximum atomic E-state index is 13.1. The van der Waals surface area contributed by atoms with Crippen molar-refractivity contribution in [2.75, 3.05) is 61.1 Å². The number of carbonyl (C=O) groups excluding carboxylic acids is 1. The smallest absolute Gasteiger partial charge is 0.248 e. The Morgan fingerprint density at radius 2 is 1.54 bits per heavy atom. The van der Waals surface area contributed by atoms with E-state index in [-0.39, 0.29) is 36.6 Å². The average Bonchev–Trinajstić information content (AvgIpc) is 3.68. The Bertz CT molecular complexity index is 980. The van der Waals surface area contributed by atoms with Gasteiger partial charge in [0.15, 0.2) is 0 Å². The largest absolute Gasteiger partial charge is 0.497 e. The Balaban J connectivity index is 1.37. The van der Waals surface area contributed by atoms with Gasteiger partial charge in [-0.1, -0.05) is 0 Å². The topological polar surface area (TPSA) is 79.4 Å². The first kappa shape index (κ1) is 29.9. The summed E-state index contributed by atoms with van der Waals surface area (Å²) >= 11 is 0. The zero-order valence-corrected chi connectivity index (χ0v) is 24.5. The molecular formula is C28H47N3O5S. The molecule has 2 saturated carbocycles. The lowest BCUT2D eigenvalue weighted by molar-refractivity contribution is -0.137. The van der Waals surface area contributed by atoms with E-state index in [4.69, 9.17) is 9.47 Å². The van der Waals surface area contributed by atoms with Crippen LogP contribution in [-0.2, 0) is 19.6 Å². The molecule has 2 aliphatic rings. The number of likely N-dealkylation sites (N-methyl/N-ethyl adjacent to an activating group) is 2. The molecule has 0 spiro atoms. The number of amides is 1. The van der Waals surface area contributed by atoms with Crippen molar-refractivity contribution in [3.05, 3.63) is 23.3 Å². The number of carbonyl (C=O) groups is 1. The van der Waals surface area contributed by atoms with Crippen LogP contribution in [0.1, 0.15) is 56.1 Å². The minimum Gasteiger partial charge on any atom is -0.497 e. The monoisotopic (exact) mass is 537 g/mol. The zero-order valence-electron chi connectivity index (χ0n) is 23.7. The van der Waals surface area contributed by atoms with E-state index >= 15 is 0 Å². The van der Waals surface area contributed by atoms with Gasteiger partial charge in [-0.3, -0.25) is 4.79 Å². The van der Waals surface area contributed by atoms with E-state index in [0.717, 1.165) is 24.7 Å². The van der Waals surface area contributed by atoms with Gasteiger partial charge in [0.05, 0.1) is 18.6 Å². The summed E-state index contributed by atoms with van der Waals surface area (Å²) in [5.41, 5.74) is 1.28. The standard InChI is InChI=1S/C28H47N3O5S/c1-21-17-26(35-6)18-22(2)28(21)37(33,34)30(4)15-16-36-20-27(32)31(5)25-11-9-23(10-12-25)13-14-29(3)19-24-7-8-24/h17-18,23-25H,7-16,19-20H2,1-6H3. The first-order valence-corrected chi connectivity index (χ1v) is 15.1. The second-order valence-electron chi connectivity index (χ2n) is 11.1. The maximum Gasteiger partial charge on any atom is 0.248 e. The van der Waals surface area contributed by atoms with Gasteiger partial charge in [-0.05, 0) is 107 Å². The summed E-state index contributed by atoms with van der Waals surface area (Å²) < 4.78 is 38.4. The first-order valence-electron chi connectivity index (χ1n) is 13.7. The zero-order chi connectivity index (χ0) is 27.2. The molecular weight excluding hydrogens is 490 g/mol. The molecule has 0 radical (unpaired) electrons. The van der Waals surface area contributed by atoms with Crippen LogP contribution in [0.25, 0.3) is 0 Å². The van der Waals surface area contributed by atoms with Crippen LogP contribution in [0.3, 0.4) is 0 Å². The summed E-state index contributed by atoms with van der Waals surface area (Å²) in [6.07, 6.45) is 8.49. The highest BCUT2D eigenvalue weighted by molar-refractivity contribution is 7.89. The van der Waals surface area contributed by atoms with Gasteiger partial charge in [-0.2, -0.15) is 4.31 Å². The highest BCUT2D eigenvalue weighted by Crippen LogP contribution is 2.32. The van der Waals surface area contributed by atoms with Crippen LogP contribution in [0, 0.1) is 25.7 Å². The molecule has 8 nitrogen and oxygen atoms in total. The fourth-order valence-electron chi connectivity index (χ4n) is 5.43. The summed E-state index contributed by atoms with van der Waals surface area (Å²) in [4.78, 5) is 17.3. The molecule has 0 N–H and O–H groups in total. The second-order valence-corrected chi connectivity index (χ2v) is 13.1. The highest BCUT2D eigenvalue weighted by atomic mass is 32.2. The lowest BCUT2D eigenvalue weighted by Gasteiger charge is -2.35. The van der Waals surface area contributed by atoms with Crippen molar-refractivity contribution in [2.24, 2.45) is 11.8 Å². The molecule has 2 fully saturated rings. The van der Waals surface area contributed by atoms with Crippen molar-refractivity contribution in [1.82, 2.24) is 14.1 Å². The van der Waals surface area contributed by atoms with E-state index in [1.807, 2.05) is 11.9 Å². The maximum absolute atomic E-state index is 13.1. The Hall–Kier alpha value is -1.68. The third kappa shape index (κ3) is 8.40. The Morgan fingerprint density at radius 1 is 0.946 bits per heavy atom. The number of ether oxygens (including phenoxy) is 2. The van der Waals surface area contributed by atoms with Crippen molar-refractivity contribution < 1.29 is 22.7 Å². The number of hydrogen-bond acceptors (Lipinski definition) is 6. The summed E-state index contributed by atoms with van der Waals surface area (Å²) in [6.45, 7) is 6.25. The van der Waals surface area contributed by atoms with Gasteiger partial charge in [0, 0.05) is 33.2 Å². The molecule has 37 heavy (non-hydrogen) atoms. The summed E-state index contributed by atoms with van der Waals surface area (Å²) in [7, 11) is 3.53. The lowest BCUT2D eigenvalue weighted by Crippen LogP contribution is -2.42. The molecule has 0 heterocycles. The van der Waals surface area contributed by atoms with Crippen molar-refractivity contribution >= 4 is 15.9 Å². The number of benzene rings is 1. The van der Waals surface area contributed by atoms with Crippen LogP contribution >= 0.6 is 0 Å². The normalized spacial score (nSPS) is 20.4. The Labute approximate surface area is 224 Å². The van der Waals surface area contributed by atoms with E-state index in [1.165, 1.54) is 56.5 Å². The van der Waals surface area contributed by atoms with Crippen LogP contribution in [0.4, 0.5) is 0 Å². The third-order valence-electron chi connectivity index (χ3n) is 8.06. The number of rotatable bonds is 14. The molecule has 1 aromatic carbocycles. The van der Waals surface area contributed by atoms with Gasteiger partial charge < -0.3 is 19.3 Å². The van der Waals surface area contributed by atoms with E-state index in [2.05, 4.69) is 11.9 Å². The predicted molar refractivity (Wildman–Crippen MR) is 146 cm³/mol. The molecule has 0 atom stereocenters. The quantitative estimate of drug-likeness (QED) is 0.337. The molecule has 3 rings (SSSR count). The van der Waals surface area contributed by atoms with Crippen LogP contribution in [0.5, 0.6) is 5.75 Å². The molecule has 1 aromatic rings. The Kier molecular flexibility index (Phi) is 10.8. The third-order valence-corrected chi connectivity index (χ3v) is 10.2. The van der Waals surface area contributed by atoms with E-state index in [1.54, 1.807) is 33.1 Å². The van der Waals surface area contributed by atoms with E-state index in [0.29, 0.717) is 16.9 Å². The minimum atomic E-state index is -3.68. The van der Waals surface area contributed by atoms with Crippen molar-refractivity contribution in [3.63, 3.8) is 0 Å². The van der Waals surface area contributed by atoms with Crippen LogP contribution < -0.4 is 4.74 Å². The number of nitrogens with zero attached hydrogens (tertiary/aromatic N) is 3. The predicted octanol–water partition coefficient (Wildman–Crippen LogP) is 3.70. The highest BCUT2D eigenvalue weighted by Gasteiger charge is 2.28. The lowest BCUT2D eigenvalue weighted by atomic mass is 9.83. The molecule has 0 bridgehead atoms. The minimum absolute atomic E-state index is 0.0309. The number of hydrogen-bond donors (Lipinski definition) is 0. The SMILES string of the molecule is COc1cc(C)c(S(=O)(=O)N(C)CCOCC(=O)N(C)C2CCC(CCN(C)CC3CC3)CC2)c(C)c1. The van der Waals surface area contributed by atoms with Crippen LogP contribution in [0.2, 0.25) is 0 Å². The Morgan fingerprint density at radius 3 is 2.11 bits per heavy atom. The van der Waals surface area contributed by atoms with Crippen molar-refractivity contribution in [2.45, 2.75) is 69.7 Å². The average molecular weight is 538 g/mol. The fourth-order valence-corrected chi connectivity index (χ4v) is 6.98. The second kappa shape index (κ2) is 13.4. The van der Waals surface area contributed by atoms with Crippen molar-refractivity contribution in [3.8, 4) is 5.75 Å². The molecule has 2 aliphatic carbocycles. The molecule has 0 aliphatic heterocycles. The first-order chi connectivity index (χ1) is 17.5. The van der Waals surface area contributed by atoms with Gasteiger partial charge >= 0.3 is 0 Å². The number of aryl methyl sites for hydroxylation is 2. The van der Waals surface area contributed by atoms with Gasteiger partial charge in [-0.15, -0.1) is 0 Å². The summed E-state index contributed by atoms with van der Waals surface area (Å²) in [6, 6.07) is 3.71. The van der Waals surface area contributed by atoms with Gasteiger partial charge in [0.25, 0.3) is 0 Å². The van der Waals surface area contributed by atoms with E-state index in [9.17, 15) is 13.2 Å². The molecule has 0 aromatic heterocycles. The van der Waals surface area contributed by atoms with Crippen molar-refractivity contribution in [1.29, 1.82) is 0 Å². The molecule has 210 valence electrons. The number of methoxy groups -OCH3 is 1. The summed E-state index contributed by atoms with van der Waals surface area (Å²) in [5, 5.41) is 0. The van der Waals surface area contributed by atoms with Gasteiger partial charge in [0.1, 0.15) is 12.4 Å². The molecule has 0 saturated heterocycles. The molecule has 1 amide bonds. The summed E-state index contributed by atoms with van der Waals surface area (Å²) in [5.74, 6) is 2.29.